The quantitative estimate of drug-likeness (QED) is 0.0326. The van der Waals surface area contributed by atoms with Gasteiger partial charge in [0.2, 0.25) is 53.7 Å². The number of carbonyl (C=O) groups is 2. The molecule has 4 aromatic rings. The van der Waals surface area contributed by atoms with Crippen molar-refractivity contribution < 1.29 is 83.5 Å². The molecular weight excluding hydrogens is 1500 g/mol. The van der Waals surface area contributed by atoms with E-state index in [0.717, 1.165) is 11.1 Å². The minimum absolute atomic E-state index is 0. The molecule has 0 atom stereocenters. The second kappa shape index (κ2) is 42.8. The summed E-state index contributed by atoms with van der Waals surface area (Å²) in [6.07, 6.45) is 6.99. The molecule has 11 nitrogen and oxygen atoms in total. The van der Waals surface area contributed by atoms with Gasteiger partial charge in [0.15, 0.2) is 17.3 Å². The van der Waals surface area contributed by atoms with Gasteiger partial charge in [-0.05, 0) is 186 Å². The number of allylic oxidation sites excluding steroid dienone is 8. The number of aryl methyl sites for hydroxylation is 1. The third kappa shape index (κ3) is 42.1. The fourth-order valence-corrected chi connectivity index (χ4v) is 12.8. The molecule has 4 heterocycles. The molecular formula is C90H131MnNaO11S5. The van der Waals surface area contributed by atoms with Crippen LogP contribution in [0.15, 0.2) is 101 Å². The first kappa shape index (κ1) is 109. The summed E-state index contributed by atoms with van der Waals surface area (Å²) in [5.41, 5.74) is 2.04. The molecule has 6 rings (SSSR count). The summed E-state index contributed by atoms with van der Waals surface area (Å²) >= 11 is 5.87. The number of Topliss-reactive ketones (excluding diaryl/α,β-unsaturated/α-hetero) is 2. The zero-order valence-corrected chi connectivity index (χ0v) is 80.4. The van der Waals surface area contributed by atoms with Crippen LogP contribution in [0.4, 0.5) is 0 Å². The van der Waals surface area contributed by atoms with Gasteiger partial charge in [-0.25, -0.2) is 0 Å². The molecule has 595 valence electrons. The molecule has 0 spiro atoms. The van der Waals surface area contributed by atoms with Gasteiger partial charge in [-0.15, -0.1) is 11.3 Å². The number of hydrogen-bond acceptors (Lipinski definition) is 13. The number of ketones is 2. The zero-order chi connectivity index (χ0) is 83.0. The summed E-state index contributed by atoms with van der Waals surface area (Å²) in [5, 5.41) is 39.0. The van der Waals surface area contributed by atoms with Crippen molar-refractivity contribution in [1.29, 1.82) is 0 Å². The van der Waals surface area contributed by atoms with Crippen molar-refractivity contribution in [3.8, 4) is 58.9 Å². The van der Waals surface area contributed by atoms with Crippen LogP contribution in [0.3, 0.4) is 0 Å². The monoisotopic (exact) mass is 1630 g/mol. The van der Waals surface area contributed by atoms with E-state index < -0.39 is 43.3 Å². The molecule has 2 aliphatic rings. The van der Waals surface area contributed by atoms with E-state index in [9.17, 15) is 34.2 Å². The molecule has 0 bridgehead atoms. The Hall–Kier alpha value is -4.95. The first-order valence-electron chi connectivity index (χ1n) is 35.2. The summed E-state index contributed by atoms with van der Waals surface area (Å²) in [5.74, 6) is 19.9. The molecule has 0 saturated heterocycles. The summed E-state index contributed by atoms with van der Waals surface area (Å²) < 4.78 is 16.8. The maximum atomic E-state index is 13.2. The number of aromatic hydroxyl groups is 2. The van der Waals surface area contributed by atoms with Gasteiger partial charge in [-0.3, -0.25) is 24.0 Å². The van der Waals surface area contributed by atoms with E-state index in [1.165, 1.54) is 44.6 Å². The van der Waals surface area contributed by atoms with Crippen LogP contribution in [0, 0.1) is 94.2 Å². The van der Waals surface area contributed by atoms with Crippen molar-refractivity contribution in [2.24, 2.45) is 32.5 Å². The van der Waals surface area contributed by atoms with E-state index in [-0.39, 0.29) is 151 Å². The number of thioether (sulfide) groups is 1. The van der Waals surface area contributed by atoms with Gasteiger partial charge >= 0.3 is 52.0 Å². The summed E-state index contributed by atoms with van der Waals surface area (Å²) in [7, 11) is 0. The van der Waals surface area contributed by atoms with Crippen LogP contribution in [-0.2, 0) is 64.6 Å². The first-order chi connectivity index (χ1) is 46.6. The summed E-state index contributed by atoms with van der Waals surface area (Å²) in [6.45, 7) is 78.9. The zero-order valence-electron chi connectivity index (χ0n) is 74.0. The van der Waals surface area contributed by atoms with Crippen molar-refractivity contribution in [2.75, 3.05) is 0 Å². The number of aliphatic hydroxyl groups is 1. The van der Waals surface area contributed by atoms with Crippen LogP contribution in [0.1, 0.15) is 291 Å². The van der Waals surface area contributed by atoms with Gasteiger partial charge in [0.1, 0.15) is 0 Å². The third-order valence-corrected chi connectivity index (χ3v) is 21.6. The van der Waals surface area contributed by atoms with Gasteiger partial charge < -0.3 is 29.3 Å². The molecule has 1 aliphatic heterocycles. The van der Waals surface area contributed by atoms with E-state index in [4.69, 9.17) is 17.9 Å². The molecule has 0 unspecified atom stereocenters. The Balaban J connectivity index is -0.000000420. The Kier molecular flexibility index (Phi) is 43.3. The molecule has 0 radical (unpaired) electrons. The number of hydrogen-bond donors (Lipinski definition) is 3. The van der Waals surface area contributed by atoms with Crippen LogP contribution in [0.5, 0.6) is 11.5 Å². The number of aliphatic hydroxyl groups excluding tert-OH is 1. The molecule has 0 saturated carbocycles. The Morgan fingerprint density at radius 3 is 1.04 bits per heavy atom. The van der Waals surface area contributed by atoms with E-state index in [1.54, 1.807) is 58.7 Å². The van der Waals surface area contributed by atoms with Crippen LogP contribution >= 0.6 is 59.3 Å². The molecule has 0 fully saturated rings. The van der Waals surface area contributed by atoms with Crippen molar-refractivity contribution >= 4 is 76.9 Å². The molecule has 0 amide bonds. The Bertz CT molecular complexity index is 4150. The van der Waals surface area contributed by atoms with E-state index in [2.05, 4.69) is 257 Å². The van der Waals surface area contributed by atoms with Gasteiger partial charge in [0, 0.05) is 88.5 Å². The average molecular weight is 1630 g/mol. The van der Waals surface area contributed by atoms with Crippen LogP contribution in [0.25, 0.3) is 6.08 Å². The molecule has 1 aliphatic carbocycles. The number of rotatable bonds is 2. The van der Waals surface area contributed by atoms with E-state index in [1.807, 2.05) is 94.4 Å². The van der Waals surface area contributed by atoms with Crippen molar-refractivity contribution in [1.82, 2.24) is 0 Å². The normalized spacial score (nSPS) is 13.6. The first-order valence-corrected chi connectivity index (χ1v) is 39.5. The van der Waals surface area contributed by atoms with E-state index in [0.29, 0.717) is 0 Å². The van der Waals surface area contributed by atoms with E-state index >= 15 is 0 Å². The second-order valence-electron chi connectivity index (χ2n) is 38.6. The van der Waals surface area contributed by atoms with Crippen LogP contribution in [0.2, 0.25) is 0 Å². The Morgan fingerprint density at radius 1 is 0.491 bits per heavy atom. The molecule has 3 aromatic heterocycles. The third-order valence-electron chi connectivity index (χ3n) is 14.0. The predicted molar refractivity (Wildman–Crippen MR) is 460 cm³/mol. The van der Waals surface area contributed by atoms with Crippen LogP contribution < -0.4 is 51.0 Å². The van der Waals surface area contributed by atoms with Crippen molar-refractivity contribution in [3.05, 3.63) is 165 Å². The van der Waals surface area contributed by atoms with Crippen molar-refractivity contribution in [3.63, 3.8) is 0 Å². The Morgan fingerprint density at radius 2 is 0.787 bits per heavy atom. The minimum atomic E-state index is -1.44. The topological polar surface area (TPSA) is 203 Å². The molecule has 1 aromatic carbocycles. The average Bonchev–Trinajstić information content (AvgIpc) is 0.763. The molecule has 3 N–H and O–H groups in total. The standard InChI is InChI=1S/C32H42O2S2.C14H23S.C13H20OS.C13H20O.C13H18O.C4H2O4.CH3.Mn.Na.2O.H2S.H/c1-29(2,3)23-15-19(16-24(35-23)30(4,5)6)13-21-27(33)22(28(21)34)14-20-17-25(31(7,8)9)36-26(18-20)32(10,11)12;1-10-8-11(13(2,3)4)15-12(9-10)14(5,6)7;1-12(2,3)10-7-9(14)8-11(15-10)13(4,5)6;2*1-12(2,3)9-7-11(14)8-10-13(4,5)6;5-1-2(6)4(8)3(1)7;;;;;;;/h13-18H,1-12H3;8-9H,1-7H3;7-8H,1-6H3;11,14H,1-6H3;1-6H3;5-6H;1H3;;;;;1H2;/q;+1;;;;;-1;;+1;;;;-1. The second-order valence-corrected chi connectivity index (χ2v) is 43.1. The predicted octanol–water partition coefficient (Wildman–Crippen LogP) is 18.6. The maximum absolute atomic E-state index is 13.2. The Labute approximate surface area is 705 Å². The SMILES string of the molecule is CC(C)(C)C#CC(=O)C#CC(C)(C)C.CC(C)(C)C#CC(O)C#CC(C)(C)C.CC(C)(C)C1=CC(=CC2=C([O-])/C(=C/c3cc(C(C)(C)C)[s+]c(C(C)(C)C)c3)C2=O)C=C(C(C)(C)C)S1.CC(C)(C)c1cc(=O)cc(C(C)(C)C)s1.Cc1cc(C(C)(C)C)[s+]c(C(C)(C)C)c1.O=c1c(O)c(O)c1=O.S.[CH3-].[H-].[Na+].[O]=[Mn]=[O]. The fraction of sp³-hybridized carbons (Fsp3) is 0.556. The summed E-state index contributed by atoms with van der Waals surface area (Å²) in [6, 6.07) is 12.4. The van der Waals surface area contributed by atoms with Gasteiger partial charge in [-0.1, -0.05) is 219 Å². The van der Waals surface area contributed by atoms with Crippen LogP contribution in [-0.4, -0.2) is 33.0 Å². The molecule has 18 heteroatoms. The van der Waals surface area contributed by atoms with Gasteiger partial charge in [-0.2, -0.15) is 13.5 Å². The molecule has 108 heavy (non-hydrogen) atoms. The van der Waals surface area contributed by atoms with Gasteiger partial charge in [0.25, 0.3) is 16.6 Å². The fourth-order valence-electron chi connectivity index (χ4n) is 7.80. The number of carbonyl (C=O) groups excluding carboxylic acids is 2. The summed E-state index contributed by atoms with van der Waals surface area (Å²) in [4.78, 5) is 66.1. The van der Waals surface area contributed by atoms with Crippen molar-refractivity contribution in [2.45, 2.75) is 295 Å². The van der Waals surface area contributed by atoms with Gasteiger partial charge in [0.05, 0.1) is 0 Å².